The van der Waals surface area contributed by atoms with Crippen LogP contribution in [-0.2, 0) is 6.54 Å². The third-order valence-corrected chi connectivity index (χ3v) is 5.50. The van der Waals surface area contributed by atoms with Crippen LogP contribution in [0.25, 0.3) is 0 Å². The second-order valence-corrected chi connectivity index (χ2v) is 7.62. The molecule has 29 heavy (non-hydrogen) atoms. The van der Waals surface area contributed by atoms with Crippen LogP contribution in [0.1, 0.15) is 34.5 Å². The van der Waals surface area contributed by atoms with Crippen LogP contribution in [0.4, 0.5) is 10.1 Å². The number of carbonyl (C=O) groups is 1. The number of hydrogen-bond donors (Lipinski definition) is 0. The Hall–Kier alpha value is -2.92. The van der Waals surface area contributed by atoms with Crippen LogP contribution in [0, 0.1) is 12.7 Å². The molecule has 0 N–H and O–H groups in total. The summed E-state index contributed by atoms with van der Waals surface area (Å²) in [5.74, 6) is -0.193. The summed E-state index contributed by atoms with van der Waals surface area (Å²) < 4.78 is 18.8. The maximum atomic E-state index is 13.4. The molecule has 1 fully saturated rings. The van der Waals surface area contributed by atoms with Crippen LogP contribution in [0.2, 0.25) is 0 Å². The van der Waals surface area contributed by atoms with E-state index in [0.29, 0.717) is 11.4 Å². The molecule has 0 unspecified atom stereocenters. The number of benzene rings is 2. The van der Waals surface area contributed by atoms with E-state index in [1.807, 2.05) is 0 Å². The van der Waals surface area contributed by atoms with Crippen LogP contribution in [-0.4, -0.2) is 29.9 Å². The lowest BCUT2D eigenvalue weighted by Gasteiger charge is -2.38. The number of likely N-dealkylation sites (tertiary alicyclic amines) is 1. The van der Waals surface area contributed by atoms with Gasteiger partial charge in [-0.2, -0.15) is 0 Å². The molecule has 150 valence electrons. The molecule has 0 radical (unpaired) electrons. The molecule has 4 nitrogen and oxygen atoms in total. The Kier molecular flexibility index (Phi) is 5.76. The van der Waals surface area contributed by atoms with E-state index in [9.17, 15) is 9.18 Å². The van der Waals surface area contributed by atoms with Gasteiger partial charge < -0.3 is 9.32 Å². The normalized spacial score (nSPS) is 15.4. The molecule has 1 aromatic heterocycles. The highest BCUT2D eigenvalue weighted by molar-refractivity contribution is 6.04. The maximum absolute atomic E-state index is 13.4. The topological polar surface area (TPSA) is 36.7 Å². The van der Waals surface area contributed by atoms with Crippen molar-refractivity contribution in [3.05, 3.63) is 89.6 Å². The van der Waals surface area contributed by atoms with Gasteiger partial charge in [0.15, 0.2) is 5.76 Å². The highest BCUT2D eigenvalue weighted by Gasteiger charge is 2.31. The molecular formula is C24H25FN2O2. The van der Waals surface area contributed by atoms with Crippen LogP contribution < -0.4 is 4.90 Å². The van der Waals surface area contributed by atoms with E-state index in [0.717, 1.165) is 32.5 Å². The van der Waals surface area contributed by atoms with Gasteiger partial charge in [-0.1, -0.05) is 29.8 Å². The highest BCUT2D eigenvalue weighted by Crippen LogP contribution is 2.27. The average molecular weight is 392 g/mol. The minimum atomic E-state index is -0.313. The van der Waals surface area contributed by atoms with Gasteiger partial charge in [0.05, 0.1) is 6.26 Å². The Morgan fingerprint density at radius 3 is 2.38 bits per heavy atom. The molecule has 0 aliphatic carbocycles. The van der Waals surface area contributed by atoms with E-state index in [2.05, 4.69) is 36.1 Å². The van der Waals surface area contributed by atoms with Crippen molar-refractivity contribution in [3.63, 3.8) is 0 Å². The van der Waals surface area contributed by atoms with E-state index in [-0.39, 0.29) is 17.8 Å². The molecule has 3 aromatic rings. The fourth-order valence-electron chi connectivity index (χ4n) is 3.90. The summed E-state index contributed by atoms with van der Waals surface area (Å²) in [4.78, 5) is 17.3. The number of anilines is 1. The molecule has 1 aliphatic heterocycles. The lowest BCUT2D eigenvalue weighted by atomic mass is 10.0. The first-order valence-electron chi connectivity index (χ1n) is 10.0. The van der Waals surface area contributed by atoms with Gasteiger partial charge in [0, 0.05) is 31.4 Å². The maximum Gasteiger partial charge on any atom is 0.294 e. The quantitative estimate of drug-likeness (QED) is 0.610. The molecule has 2 aromatic carbocycles. The largest absolute Gasteiger partial charge is 0.459 e. The zero-order valence-electron chi connectivity index (χ0n) is 16.6. The van der Waals surface area contributed by atoms with Gasteiger partial charge in [0.1, 0.15) is 5.82 Å². The van der Waals surface area contributed by atoms with E-state index in [1.54, 1.807) is 29.2 Å². The molecule has 5 heteroatoms. The van der Waals surface area contributed by atoms with Crippen molar-refractivity contribution in [2.75, 3.05) is 18.0 Å². The predicted molar refractivity (Wildman–Crippen MR) is 111 cm³/mol. The molecular weight excluding hydrogens is 367 g/mol. The second-order valence-electron chi connectivity index (χ2n) is 7.62. The number of hydrogen-bond acceptors (Lipinski definition) is 3. The summed E-state index contributed by atoms with van der Waals surface area (Å²) in [6, 6.07) is 18.2. The van der Waals surface area contributed by atoms with Crippen molar-refractivity contribution < 1.29 is 13.6 Å². The molecule has 4 rings (SSSR count). The van der Waals surface area contributed by atoms with Crippen molar-refractivity contribution >= 4 is 11.6 Å². The van der Waals surface area contributed by atoms with E-state index >= 15 is 0 Å². The van der Waals surface area contributed by atoms with Gasteiger partial charge >= 0.3 is 0 Å². The predicted octanol–water partition coefficient (Wildman–Crippen LogP) is 5.04. The van der Waals surface area contributed by atoms with Crippen LogP contribution in [0.15, 0.2) is 71.3 Å². The first-order chi connectivity index (χ1) is 14.1. The van der Waals surface area contributed by atoms with E-state index < -0.39 is 0 Å². The third-order valence-electron chi connectivity index (χ3n) is 5.50. The number of carbonyl (C=O) groups excluding carboxylic acids is 1. The van der Waals surface area contributed by atoms with Crippen molar-refractivity contribution in [2.24, 2.45) is 0 Å². The highest BCUT2D eigenvalue weighted by atomic mass is 19.1. The summed E-state index contributed by atoms with van der Waals surface area (Å²) in [6.45, 7) is 4.81. The lowest BCUT2D eigenvalue weighted by Crippen LogP contribution is -2.47. The van der Waals surface area contributed by atoms with E-state index in [4.69, 9.17) is 4.42 Å². The van der Waals surface area contributed by atoms with Crippen molar-refractivity contribution in [3.8, 4) is 0 Å². The average Bonchev–Trinajstić information content (AvgIpc) is 3.27. The van der Waals surface area contributed by atoms with Crippen LogP contribution in [0.3, 0.4) is 0 Å². The van der Waals surface area contributed by atoms with Crippen molar-refractivity contribution in [2.45, 2.75) is 32.4 Å². The Bertz CT molecular complexity index is 928. The first kappa shape index (κ1) is 19.4. The summed E-state index contributed by atoms with van der Waals surface area (Å²) >= 11 is 0. The summed E-state index contributed by atoms with van der Waals surface area (Å²) in [6.07, 6.45) is 3.21. The zero-order chi connectivity index (χ0) is 20.2. The minimum Gasteiger partial charge on any atom is -0.459 e. The Morgan fingerprint density at radius 1 is 1.07 bits per heavy atom. The molecule has 1 amide bonds. The molecule has 0 atom stereocenters. The number of halogens is 1. The summed E-state index contributed by atoms with van der Waals surface area (Å²) in [5, 5.41) is 0. The van der Waals surface area contributed by atoms with Gasteiger partial charge in [-0.3, -0.25) is 9.69 Å². The van der Waals surface area contributed by atoms with Gasteiger partial charge in [0.25, 0.3) is 5.91 Å². The Balaban J connectivity index is 1.48. The summed E-state index contributed by atoms with van der Waals surface area (Å²) in [5.41, 5.74) is 3.26. The van der Waals surface area contributed by atoms with Gasteiger partial charge in [-0.25, -0.2) is 4.39 Å². The molecule has 1 aliphatic rings. The number of nitrogens with zero attached hydrogens (tertiary/aromatic N) is 2. The molecule has 1 saturated heterocycles. The third kappa shape index (κ3) is 4.57. The van der Waals surface area contributed by atoms with Gasteiger partial charge in [-0.05, 0) is 61.7 Å². The first-order valence-corrected chi connectivity index (χ1v) is 10.0. The minimum absolute atomic E-state index is 0.0485. The van der Waals surface area contributed by atoms with Crippen molar-refractivity contribution in [1.29, 1.82) is 0 Å². The van der Waals surface area contributed by atoms with Gasteiger partial charge in [0.2, 0.25) is 0 Å². The Labute approximate surface area is 170 Å². The molecule has 0 bridgehead atoms. The second kappa shape index (κ2) is 8.62. The SMILES string of the molecule is Cc1ccc(CN2CCC(N(C(=O)c3ccco3)c3ccc(F)cc3)CC2)cc1. The Morgan fingerprint density at radius 2 is 1.76 bits per heavy atom. The molecule has 0 saturated carbocycles. The fourth-order valence-corrected chi connectivity index (χ4v) is 3.90. The van der Waals surface area contributed by atoms with Gasteiger partial charge in [-0.15, -0.1) is 0 Å². The monoisotopic (exact) mass is 392 g/mol. The standard InChI is InChI=1S/C24H25FN2O2/c1-18-4-6-19(7-5-18)17-26-14-12-22(13-15-26)27(21-10-8-20(25)9-11-21)24(28)23-3-2-16-29-23/h2-11,16,22H,12-15,17H2,1H3. The number of furan rings is 1. The molecule has 0 spiro atoms. The number of rotatable bonds is 5. The van der Waals surface area contributed by atoms with Crippen molar-refractivity contribution in [1.82, 2.24) is 4.90 Å². The number of amides is 1. The molecule has 2 heterocycles. The van der Waals surface area contributed by atoms with Crippen LogP contribution in [0.5, 0.6) is 0 Å². The fraction of sp³-hybridized carbons (Fsp3) is 0.292. The lowest BCUT2D eigenvalue weighted by molar-refractivity contribution is 0.0931. The number of aryl methyl sites for hydroxylation is 1. The zero-order valence-corrected chi connectivity index (χ0v) is 16.6. The number of piperidine rings is 1. The smallest absolute Gasteiger partial charge is 0.294 e. The van der Waals surface area contributed by atoms with Crippen LogP contribution >= 0.6 is 0 Å². The summed E-state index contributed by atoms with van der Waals surface area (Å²) in [7, 11) is 0. The van der Waals surface area contributed by atoms with E-state index in [1.165, 1.54) is 29.5 Å².